The second-order valence-electron chi connectivity index (χ2n) is 4.99. The number of halogens is 2. The van der Waals surface area contributed by atoms with Crippen molar-refractivity contribution in [2.75, 3.05) is 0 Å². The topological polar surface area (TPSA) is 49.2 Å². The van der Waals surface area contributed by atoms with Crippen molar-refractivity contribution < 1.29 is 18.3 Å². The molecule has 1 fully saturated rings. The van der Waals surface area contributed by atoms with Gasteiger partial charge in [-0.1, -0.05) is 6.07 Å². The van der Waals surface area contributed by atoms with E-state index in [4.69, 9.17) is 0 Å². The molecule has 0 unspecified atom stereocenters. The minimum absolute atomic E-state index is 0.00734. The van der Waals surface area contributed by atoms with E-state index in [-0.39, 0.29) is 11.5 Å². The second kappa shape index (κ2) is 3.68. The van der Waals surface area contributed by atoms with E-state index in [1.807, 2.05) is 0 Å². The molecule has 2 aliphatic rings. The van der Waals surface area contributed by atoms with Gasteiger partial charge in [-0.2, -0.15) is 5.10 Å². The average Bonchev–Trinajstić information content (AvgIpc) is 3.06. The van der Waals surface area contributed by atoms with E-state index in [1.165, 1.54) is 6.07 Å². The van der Waals surface area contributed by atoms with Crippen LogP contribution in [0.3, 0.4) is 0 Å². The molecule has 0 amide bonds. The molecule has 2 aromatic rings. The first-order valence-corrected chi connectivity index (χ1v) is 6.34. The zero-order chi connectivity index (χ0) is 13.9. The number of hydrogen-bond acceptors (Lipinski definition) is 4. The summed E-state index contributed by atoms with van der Waals surface area (Å²) in [6, 6.07) is 4.70. The van der Waals surface area contributed by atoms with Crippen LogP contribution in [0.25, 0.3) is 11.4 Å². The number of fused-ring (bicyclic) bond motifs is 1. The predicted octanol–water partition coefficient (Wildman–Crippen LogP) is 2.68. The molecule has 0 spiro atoms. The zero-order valence-corrected chi connectivity index (χ0v) is 10.6. The Morgan fingerprint density at radius 3 is 2.85 bits per heavy atom. The summed E-state index contributed by atoms with van der Waals surface area (Å²) in [5, 5.41) is 4.29. The minimum atomic E-state index is -3.63. The van der Waals surface area contributed by atoms with E-state index in [9.17, 15) is 8.78 Å². The molecule has 0 atom stereocenters. The van der Waals surface area contributed by atoms with E-state index in [0.29, 0.717) is 17.3 Å². The van der Waals surface area contributed by atoms with E-state index in [2.05, 4.69) is 19.6 Å². The third kappa shape index (κ3) is 1.73. The maximum atomic E-state index is 13.2. The smallest absolute Gasteiger partial charge is 0.395 e. The van der Waals surface area contributed by atoms with Crippen LogP contribution >= 0.6 is 0 Å². The third-order valence-electron chi connectivity index (χ3n) is 3.41. The maximum absolute atomic E-state index is 13.2. The summed E-state index contributed by atoms with van der Waals surface area (Å²) in [6.07, 6.45) is -1.44. The lowest BCUT2D eigenvalue weighted by Gasteiger charge is -2.05. The van der Waals surface area contributed by atoms with Crippen molar-refractivity contribution in [3.63, 3.8) is 0 Å². The fourth-order valence-electron chi connectivity index (χ4n) is 2.35. The number of nitrogens with zero attached hydrogens (tertiary/aromatic N) is 3. The molecule has 1 aliphatic carbocycles. The molecule has 0 bridgehead atoms. The van der Waals surface area contributed by atoms with Crippen molar-refractivity contribution in [2.45, 2.75) is 25.1 Å². The van der Waals surface area contributed by atoms with Crippen molar-refractivity contribution in [1.29, 1.82) is 0 Å². The predicted molar refractivity (Wildman–Crippen MR) is 64.6 cm³/mol. The average molecular weight is 279 g/mol. The Bertz CT molecular complexity index is 695. The van der Waals surface area contributed by atoms with Crippen LogP contribution in [-0.4, -0.2) is 21.1 Å². The van der Waals surface area contributed by atoms with Crippen LogP contribution in [0, 0.1) is 0 Å². The SMILES string of the molecule is Cn1nc(-c2cccc3c2OC(F)(F)O3)nc1C1CC1. The number of rotatable bonds is 2. The van der Waals surface area contributed by atoms with Gasteiger partial charge in [0.05, 0.1) is 5.56 Å². The Kier molecular flexibility index (Phi) is 2.14. The Morgan fingerprint density at radius 2 is 2.10 bits per heavy atom. The molecule has 0 N–H and O–H groups in total. The van der Waals surface area contributed by atoms with Crippen molar-refractivity contribution in [2.24, 2.45) is 7.05 Å². The molecule has 7 heteroatoms. The summed E-state index contributed by atoms with van der Waals surface area (Å²) >= 11 is 0. The van der Waals surface area contributed by atoms with Crippen LogP contribution in [0.2, 0.25) is 0 Å². The van der Waals surface area contributed by atoms with E-state index < -0.39 is 6.29 Å². The summed E-state index contributed by atoms with van der Waals surface area (Å²) in [7, 11) is 1.80. The quantitative estimate of drug-likeness (QED) is 0.848. The zero-order valence-electron chi connectivity index (χ0n) is 10.6. The van der Waals surface area contributed by atoms with Crippen LogP contribution in [0.5, 0.6) is 11.5 Å². The molecule has 1 aliphatic heterocycles. The Hall–Kier alpha value is -2.18. The lowest BCUT2D eigenvalue weighted by molar-refractivity contribution is -0.286. The summed E-state index contributed by atoms with van der Waals surface area (Å²) in [4.78, 5) is 4.44. The highest BCUT2D eigenvalue weighted by molar-refractivity contribution is 5.69. The summed E-state index contributed by atoms with van der Waals surface area (Å²) in [5.74, 6) is 1.69. The molecule has 104 valence electrons. The molecule has 1 saturated carbocycles. The monoisotopic (exact) mass is 279 g/mol. The third-order valence-corrected chi connectivity index (χ3v) is 3.41. The number of ether oxygens (including phenoxy) is 2. The Morgan fingerprint density at radius 1 is 1.30 bits per heavy atom. The molecule has 4 rings (SSSR count). The van der Waals surface area contributed by atoms with Gasteiger partial charge in [0.25, 0.3) is 0 Å². The van der Waals surface area contributed by atoms with Gasteiger partial charge in [-0.05, 0) is 25.0 Å². The summed E-state index contributed by atoms with van der Waals surface area (Å²) in [5.41, 5.74) is 0.419. The van der Waals surface area contributed by atoms with Gasteiger partial charge in [-0.15, -0.1) is 8.78 Å². The highest BCUT2D eigenvalue weighted by Gasteiger charge is 2.45. The highest BCUT2D eigenvalue weighted by atomic mass is 19.3. The number of hydrogen-bond donors (Lipinski definition) is 0. The molecular formula is C13H11F2N3O2. The van der Waals surface area contributed by atoms with Crippen LogP contribution < -0.4 is 9.47 Å². The van der Waals surface area contributed by atoms with Gasteiger partial charge in [0, 0.05) is 13.0 Å². The number of benzene rings is 1. The summed E-state index contributed by atoms with van der Waals surface area (Å²) < 4.78 is 37.0. The van der Waals surface area contributed by atoms with Crippen LogP contribution in [0.1, 0.15) is 24.6 Å². The first-order chi connectivity index (χ1) is 9.53. The normalized spacial score (nSPS) is 19.4. The van der Waals surface area contributed by atoms with Crippen molar-refractivity contribution in [1.82, 2.24) is 14.8 Å². The van der Waals surface area contributed by atoms with Crippen LogP contribution in [-0.2, 0) is 7.05 Å². The first kappa shape index (κ1) is 11.6. The van der Waals surface area contributed by atoms with Gasteiger partial charge in [-0.25, -0.2) is 4.98 Å². The fraction of sp³-hybridized carbons (Fsp3) is 0.385. The lowest BCUT2D eigenvalue weighted by Crippen LogP contribution is -2.26. The molecule has 1 aromatic carbocycles. The largest absolute Gasteiger partial charge is 0.586 e. The molecular weight excluding hydrogens is 268 g/mol. The van der Waals surface area contributed by atoms with Crippen LogP contribution in [0.15, 0.2) is 18.2 Å². The highest BCUT2D eigenvalue weighted by Crippen LogP contribution is 2.47. The van der Waals surface area contributed by atoms with E-state index in [0.717, 1.165) is 18.7 Å². The van der Waals surface area contributed by atoms with E-state index >= 15 is 0 Å². The van der Waals surface area contributed by atoms with Gasteiger partial charge in [0.15, 0.2) is 17.3 Å². The van der Waals surface area contributed by atoms with Crippen molar-refractivity contribution >= 4 is 0 Å². The Balaban J connectivity index is 1.80. The first-order valence-electron chi connectivity index (χ1n) is 6.34. The fourth-order valence-corrected chi connectivity index (χ4v) is 2.35. The van der Waals surface area contributed by atoms with Crippen molar-refractivity contribution in [3.8, 4) is 22.9 Å². The maximum Gasteiger partial charge on any atom is 0.586 e. The second-order valence-corrected chi connectivity index (χ2v) is 4.99. The van der Waals surface area contributed by atoms with Gasteiger partial charge in [-0.3, -0.25) is 4.68 Å². The van der Waals surface area contributed by atoms with Crippen LogP contribution in [0.4, 0.5) is 8.78 Å². The molecule has 0 radical (unpaired) electrons. The molecule has 20 heavy (non-hydrogen) atoms. The number of aryl methyl sites for hydroxylation is 1. The standard InChI is InChI=1S/C13H11F2N3O2/c1-18-12(7-5-6-7)16-11(17-18)8-3-2-4-9-10(8)20-13(14,15)19-9/h2-4,7H,5-6H2,1H3. The van der Waals surface area contributed by atoms with Gasteiger partial charge < -0.3 is 9.47 Å². The number of aromatic nitrogens is 3. The van der Waals surface area contributed by atoms with Gasteiger partial charge >= 0.3 is 6.29 Å². The molecule has 2 heterocycles. The van der Waals surface area contributed by atoms with Gasteiger partial charge in [0.2, 0.25) is 0 Å². The summed E-state index contributed by atoms with van der Waals surface area (Å²) in [6.45, 7) is 0. The van der Waals surface area contributed by atoms with E-state index in [1.54, 1.807) is 23.9 Å². The number of alkyl halides is 2. The Labute approximate surface area is 113 Å². The minimum Gasteiger partial charge on any atom is -0.395 e. The molecule has 0 saturated heterocycles. The molecule has 5 nitrogen and oxygen atoms in total. The number of para-hydroxylation sites is 1. The van der Waals surface area contributed by atoms with Crippen molar-refractivity contribution in [3.05, 3.63) is 24.0 Å². The molecule has 1 aromatic heterocycles. The van der Waals surface area contributed by atoms with Gasteiger partial charge in [0.1, 0.15) is 5.82 Å². The lowest BCUT2D eigenvalue weighted by atomic mass is 10.2.